The number of carbonyl (C=O) groups excluding carboxylic acids is 1. The maximum absolute atomic E-state index is 12.5. The smallest absolute Gasteiger partial charge is 0.363 e. The number of aliphatic imine (C=N–C) groups is 1. The largest absolute Gasteiger partial charge is 0.401 e. The molecule has 152 valence electrons. The number of benzene rings is 1. The van der Waals surface area contributed by atoms with E-state index in [4.69, 9.17) is 9.47 Å². The van der Waals surface area contributed by atoms with Crippen molar-refractivity contribution in [3.05, 3.63) is 86.9 Å². The van der Waals surface area contributed by atoms with Gasteiger partial charge in [0.1, 0.15) is 0 Å². The predicted molar refractivity (Wildman–Crippen MR) is 118 cm³/mol. The summed E-state index contributed by atoms with van der Waals surface area (Å²) in [4.78, 5) is 20.2. The molecule has 1 aromatic carbocycles. The van der Waals surface area contributed by atoms with Crippen LogP contribution >= 0.6 is 11.3 Å². The highest BCUT2D eigenvalue weighted by molar-refractivity contribution is 7.12. The molecule has 1 fully saturated rings. The minimum atomic E-state index is -0.382. The number of hydrogen-bond donors (Lipinski definition) is 0. The second kappa shape index (κ2) is 8.42. The predicted octanol–water partition coefficient (Wildman–Crippen LogP) is 4.40. The van der Waals surface area contributed by atoms with Gasteiger partial charge in [0.25, 0.3) is 0 Å². The fourth-order valence-electron chi connectivity index (χ4n) is 4.02. The number of carbonyl (C=O) groups is 1. The van der Waals surface area contributed by atoms with Crippen molar-refractivity contribution in [1.29, 1.82) is 0 Å². The van der Waals surface area contributed by atoms with Gasteiger partial charge in [0, 0.05) is 18.8 Å². The highest BCUT2D eigenvalue weighted by Crippen LogP contribution is 2.37. The molecule has 1 saturated heterocycles. The Balaban J connectivity index is 1.53. The lowest BCUT2D eigenvalue weighted by Crippen LogP contribution is -2.36. The zero-order valence-electron chi connectivity index (χ0n) is 16.5. The van der Waals surface area contributed by atoms with Gasteiger partial charge in [-0.05, 0) is 53.1 Å². The molecule has 2 aromatic rings. The molecule has 1 aromatic heterocycles. The highest BCUT2D eigenvalue weighted by atomic mass is 32.1. The maximum Gasteiger partial charge on any atom is 0.363 e. The Morgan fingerprint density at radius 3 is 2.60 bits per heavy atom. The number of allylic oxidation sites excluding steroid dienone is 3. The van der Waals surface area contributed by atoms with Crippen LogP contribution in [0.2, 0.25) is 0 Å². The number of esters is 1. The van der Waals surface area contributed by atoms with E-state index in [0.717, 1.165) is 36.4 Å². The van der Waals surface area contributed by atoms with Crippen LogP contribution in [-0.2, 0) is 14.3 Å². The average Bonchev–Trinajstić information content (AvgIpc) is 3.51. The lowest BCUT2D eigenvalue weighted by molar-refractivity contribution is -0.130. The lowest BCUT2D eigenvalue weighted by atomic mass is 10.1. The first-order valence-electron chi connectivity index (χ1n) is 10.2. The SMILES string of the molecule is O=C1OC(c2cccs2)=N/C1=C/C1=C(N2CCOCC2)C(=C/c2ccccc2)/CC1. The molecule has 0 N–H and O–H groups in total. The minimum absolute atomic E-state index is 0.375. The van der Waals surface area contributed by atoms with Crippen LogP contribution in [0.25, 0.3) is 6.08 Å². The number of nitrogens with zero attached hydrogens (tertiary/aromatic N) is 2. The molecular weight excluding hydrogens is 396 g/mol. The summed E-state index contributed by atoms with van der Waals surface area (Å²) < 4.78 is 11.0. The molecule has 5 nitrogen and oxygen atoms in total. The molecule has 6 heteroatoms. The number of cyclic esters (lactones) is 1. The first-order chi connectivity index (χ1) is 14.8. The van der Waals surface area contributed by atoms with E-state index >= 15 is 0 Å². The van der Waals surface area contributed by atoms with Crippen LogP contribution in [0.15, 0.2) is 81.5 Å². The van der Waals surface area contributed by atoms with Gasteiger partial charge >= 0.3 is 5.97 Å². The number of rotatable bonds is 4. The molecule has 0 bridgehead atoms. The molecule has 0 atom stereocenters. The van der Waals surface area contributed by atoms with Gasteiger partial charge in [0.05, 0.1) is 18.1 Å². The van der Waals surface area contributed by atoms with E-state index in [9.17, 15) is 4.79 Å². The quantitative estimate of drug-likeness (QED) is 0.546. The Morgan fingerprint density at radius 2 is 1.83 bits per heavy atom. The van der Waals surface area contributed by atoms with Gasteiger partial charge in [0.15, 0.2) is 5.70 Å². The second-order valence-corrected chi connectivity index (χ2v) is 8.31. The average molecular weight is 419 g/mol. The van der Waals surface area contributed by atoms with Crippen LogP contribution in [-0.4, -0.2) is 43.1 Å². The summed E-state index contributed by atoms with van der Waals surface area (Å²) in [6, 6.07) is 14.2. The standard InChI is InChI=1S/C24H22N2O3S/c27-24-20(25-23(29-24)21-7-4-14-30-21)16-19-9-8-18(15-17-5-2-1-3-6-17)22(19)26-10-12-28-13-11-26/h1-7,14-16H,8-13H2/b18-15+,20-16+. The normalized spacial score (nSPS) is 22.2. The van der Waals surface area contributed by atoms with Crippen molar-refractivity contribution in [2.24, 2.45) is 4.99 Å². The Morgan fingerprint density at radius 1 is 1.00 bits per heavy atom. The summed E-state index contributed by atoms with van der Waals surface area (Å²) >= 11 is 1.51. The van der Waals surface area contributed by atoms with E-state index in [0.29, 0.717) is 24.8 Å². The van der Waals surface area contributed by atoms with E-state index in [-0.39, 0.29) is 5.97 Å². The molecule has 0 amide bonds. The number of ether oxygens (including phenoxy) is 2. The van der Waals surface area contributed by atoms with Crippen molar-refractivity contribution in [3.8, 4) is 0 Å². The van der Waals surface area contributed by atoms with Gasteiger partial charge in [-0.25, -0.2) is 9.79 Å². The molecule has 0 unspecified atom stereocenters. The Bertz CT molecular complexity index is 1060. The Kier molecular flexibility index (Phi) is 5.34. The van der Waals surface area contributed by atoms with E-state index < -0.39 is 0 Å². The Hall–Kier alpha value is -2.96. The molecule has 30 heavy (non-hydrogen) atoms. The van der Waals surface area contributed by atoms with Gasteiger partial charge in [-0.15, -0.1) is 11.3 Å². The summed E-state index contributed by atoms with van der Waals surface area (Å²) in [5.41, 5.74) is 5.21. The Labute approximate surface area is 179 Å². The minimum Gasteiger partial charge on any atom is -0.401 e. The summed E-state index contributed by atoms with van der Waals surface area (Å²) in [6.07, 6.45) is 5.99. The molecule has 5 rings (SSSR count). The fourth-order valence-corrected chi connectivity index (χ4v) is 4.67. The van der Waals surface area contributed by atoms with Crippen LogP contribution in [0.1, 0.15) is 23.3 Å². The number of thiophene rings is 1. The van der Waals surface area contributed by atoms with Crippen molar-refractivity contribution in [2.45, 2.75) is 12.8 Å². The lowest BCUT2D eigenvalue weighted by Gasteiger charge is -2.31. The van der Waals surface area contributed by atoms with E-state index in [2.05, 4.69) is 40.2 Å². The molecule has 0 saturated carbocycles. The van der Waals surface area contributed by atoms with Gasteiger partial charge in [-0.3, -0.25) is 0 Å². The van der Waals surface area contributed by atoms with Crippen LogP contribution in [0.4, 0.5) is 0 Å². The summed E-state index contributed by atoms with van der Waals surface area (Å²) in [5, 5.41) is 1.95. The van der Waals surface area contributed by atoms with Crippen molar-refractivity contribution < 1.29 is 14.3 Å². The first kappa shape index (κ1) is 19.0. The van der Waals surface area contributed by atoms with Gasteiger partial charge in [-0.2, -0.15) is 0 Å². The molecule has 0 radical (unpaired) electrons. The van der Waals surface area contributed by atoms with E-state index in [1.54, 1.807) is 0 Å². The van der Waals surface area contributed by atoms with Gasteiger partial charge in [0.2, 0.25) is 5.90 Å². The van der Waals surface area contributed by atoms with Crippen LogP contribution in [0.3, 0.4) is 0 Å². The third-order valence-corrected chi connectivity index (χ3v) is 6.26. The maximum atomic E-state index is 12.5. The summed E-state index contributed by atoms with van der Waals surface area (Å²) in [6.45, 7) is 3.13. The molecule has 0 spiro atoms. The highest BCUT2D eigenvalue weighted by Gasteiger charge is 2.29. The summed E-state index contributed by atoms with van der Waals surface area (Å²) in [5.74, 6) is 0.0144. The zero-order chi connectivity index (χ0) is 20.3. The number of morpholine rings is 1. The third kappa shape index (κ3) is 3.88. The molecular formula is C24H22N2O3S. The molecule has 2 aliphatic heterocycles. The number of hydrogen-bond acceptors (Lipinski definition) is 6. The van der Waals surface area contributed by atoms with Crippen LogP contribution < -0.4 is 0 Å². The zero-order valence-corrected chi connectivity index (χ0v) is 17.4. The first-order valence-corrected chi connectivity index (χ1v) is 11.0. The molecule has 1 aliphatic carbocycles. The van der Waals surface area contributed by atoms with Crippen LogP contribution in [0.5, 0.6) is 0 Å². The van der Waals surface area contributed by atoms with Crippen molar-refractivity contribution in [2.75, 3.05) is 26.3 Å². The second-order valence-electron chi connectivity index (χ2n) is 7.37. The molecule has 3 heterocycles. The summed E-state index contributed by atoms with van der Waals surface area (Å²) in [7, 11) is 0. The van der Waals surface area contributed by atoms with E-state index in [1.807, 2.05) is 29.7 Å². The third-order valence-electron chi connectivity index (χ3n) is 5.40. The van der Waals surface area contributed by atoms with Crippen molar-refractivity contribution in [1.82, 2.24) is 4.90 Å². The van der Waals surface area contributed by atoms with Crippen LogP contribution in [0, 0.1) is 0 Å². The molecule has 3 aliphatic rings. The van der Waals surface area contributed by atoms with Gasteiger partial charge < -0.3 is 14.4 Å². The van der Waals surface area contributed by atoms with Crippen molar-refractivity contribution in [3.63, 3.8) is 0 Å². The van der Waals surface area contributed by atoms with Crippen molar-refractivity contribution >= 4 is 29.3 Å². The fraction of sp³-hybridized carbons (Fsp3) is 0.250. The van der Waals surface area contributed by atoms with Gasteiger partial charge in [-0.1, -0.05) is 36.4 Å². The monoisotopic (exact) mass is 418 g/mol. The topological polar surface area (TPSA) is 51.1 Å². The van der Waals surface area contributed by atoms with E-state index in [1.165, 1.54) is 28.2 Å².